The Labute approximate surface area is 105 Å². The minimum Gasteiger partial charge on any atom is -0.394 e. The van der Waals surface area contributed by atoms with Crippen molar-refractivity contribution in [1.29, 1.82) is 0 Å². The van der Waals surface area contributed by atoms with Crippen LogP contribution in [0.1, 0.15) is 27.7 Å². The molecule has 0 aromatic rings. The van der Waals surface area contributed by atoms with Gasteiger partial charge in [-0.1, -0.05) is 0 Å². The van der Waals surface area contributed by atoms with Crippen LogP contribution in [0.4, 0.5) is 0 Å². The molecule has 0 aliphatic carbocycles. The Kier molecular flexibility index (Phi) is 11.0. The Morgan fingerprint density at radius 2 is 1.00 bits per heavy atom. The lowest BCUT2D eigenvalue weighted by atomic mass is 10.1. The second-order valence-corrected chi connectivity index (χ2v) is 4.44. The van der Waals surface area contributed by atoms with Crippen LogP contribution >= 0.6 is 0 Å². The monoisotopic (exact) mass is 251 g/mol. The van der Waals surface area contributed by atoms with Crippen molar-refractivity contribution in [3.63, 3.8) is 0 Å². The molecule has 0 aromatic carbocycles. The summed E-state index contributed by atoms with van der Waals surface area (Å²) in [6.45, 7) is 13.0. The molecule has 0 aromatic heterocycles. The van der Waals surface area contributed by atoms with Crippen LogP contribution < -0.4 is 5.73 Å². The molecule has 0 spiro atoms. The van der Waals surface area contributed by atoms with E-state index < -0.39 is 25.4 Å². The van der Waals surface area contributed by atoms with Gasteiger partial charge in [0, 0.05) is 0 Å². The van der Waals surface area contributed by atoms with Gasteiger partial charge in [0.15, 0.2) is 0 Å². The average Bonchev–Trinajstić information content (AvgIpc) is 2.42. The van der Waals surface area contributed by atoms with E-state index in [4.69, 9.17) is 21.1 Å². The highest BCUT2D eigenvalue weighted by atomic mass is 16.3. The third kappa shape index (κ3) is 6.95. The molecule has 106 valence electrons. The van der Waals surface area contributed by atoms with Gasteiger partial charge in [0.25, 0.3) is 0 Å². The van der Waals surface area contributed by atoms with Crippen LogP contribution in [0.15, 0.2) is 0 Å². The van der Waals surface area contributed by atoms with E-state index in [0.717, 1.165) is 0 Å². The summed E-state index contributed by atoms with van der Waals surface area (Å²) in [6, 6.07) is 0. The van der Waals surface area contributed by atoms with Gasteiger partial charge in [-0.05, 0) is 27.7 Å². The highest BCUT2D eigenvalue weighted by Crippen LogP contribution is 2.03. The standard InChI is InChI=1S/C8H20N.C4H11NO3/c1-5-9(6-2,7-3)8-4;5-4(1-6,2-7)3-8/h5-8H2,1-4H3;6-8H,1-3,5H2/q+1;. The van der Waals surface area contributed by atoms with E-state index in [-0.39, 0.29) is 0 Å². The number of nitrogens with zero attached hydrogens (tertiary/aromatic N) is 1. The van der Waals surface area contributed by atoms with Crippen LogP contribution in [-0.2, 0) is 0 Å². The topological polar surface area (TPSA) is 86.7 Å². The Balaban J connectivity index is 0. The normalized spacial score (nSPS) is 12.0. The minimum absolute atomic E-state index is 0.403. The van der Waals surface area contributed by atoms with Gasteiger partial charge in [-0.15, -0.1) is 0 Å². The number of aliphatic hydroxyl groups excluding tert-OH is 3. The molecule has 0 saturated carbocycles. The fourth-order valence-corrected chi connectivity index (χ4v) is 1.49. The van der Waals surface area contributed by atoms with Crippen molar-refractivity contribution >= 4 is 0 Å². The van der Waals surface area contributed by atoms with E-state index in [0.29, 0.717) is 0 Å². The van der Waals surface area contributed by atoms with Crippen molar-refractivity contribution in [1.82, 2.24) is 0 Å². The summed E-state index contributed by atoms with van der Waals surface area (Å²) in [6.07, 6.45) is 0. The average molecular weight is 251 g/mol. The maximum atomic E-state index is 8.34. The first-order valence-electron chi connectivity index (χ1n) is 6.39. The third-order valence-corrected chi connectivity index (χ3v) is 3.63. The Hall–Kier alpha value is -0.200. The molecule has 5 N–H and O–H groups in total. The number of hydrogen-bond donors (Lipinski definition) is 4. The van der Waals surface area contributed by atoms with Crippen LogP contribution in [0.3, 0.4) is 0 Å². The van der Waals surface area contributed by atoms with Crippen molar-refractivity contribution in [3.8, 4) is 0 Å². The number of quaternary nitrogens is 1. The fourth-order valence-electron chi connectivity index (χ4n) is 1.49. The molecule has 0 bridgehead atoms. The molecule has 0 rings (SSSR count). The quantitative estimate of drug-likeness (QED) is 0.461. The molecular weight excluding hydrogens is 220 g/mol. The van der Waals surface area contributed by atoms with E-state index in [2.05, 4.69) is 27.7 Å². The summed E-state index contributed by atoms with van der Waals surface area (Å²) in [7, 11) is 0. The van der Waals surface area contributed by atoms with E-state index in [1.807, 2.05) is 0 Å². The van der Waals surface area contributed by atoms with Crippen molar-refractivity contribution in [2.45, 2.75) is 33.2 Å². The SMILES string of the molecule is CC[N+](CC)(CC)CC.NC(CO)(CO)CO. The molecule has 0 saturated heterocycles. The van der Waals surface area contributed by atoms with Crippen molar-refractivity contribution in [3.05, 3.63) is 0 Å². The lowest BCUT2D eigenvalue weighted by Gasteiger charge is -2.34. The highest BCUT2D eigenvalue weighted by Gasteiger charge is 2.20. The van der Waals surface area contributed by atoms with E-state index in [9.17, 15) is 0 Å². The first-order valence-corrected chi connectivity index (χ1v) is 6.39. The molecule has 17 heavy (non-hydrogen) atoms. The van der Waals surface area contributed by atoms with Crippen molar-refractivity contribution in [2.24, 2.45) is 5.73 Å². The Morgan fingerprint density at radius 1 is 0.765 bits per heavy atom. The minimum atomic E-state index is -1.21. The molecule has 0 aliphatic rings. The van der Waals surface area contributed by atoms with Crippen LogP contribution in [0.2, 0.25) is 0 Å². The van der Waals surface area contributed by atoms with Crippen LogP contribution in [-0.4, -0.2) is 71.3 Å². The van der Waals surface area contributed by atoms with Gasteiger partial charge in [0.05, 0.1) is 51.5 Å². The molecule has 0 atom stereocenters. The molecule has 0 fully saturated rings. The van der Waals surface area contributed by atoms with Gasteiger partial charge in [0.1, 0.15) is 0 Å². The Bertz CT molecular complexity index is 143. The second kappa shape index (κ2) is 9.79. The summed E-state index contributed by atoms with van der Waals surface area (Å²) in [4.78, 5) is 0. The predicted octanol–water partition coefficient (Wildman–Crippen LogP) is -0.456. The van der Waals surface area contributed by atoms with Crippen molar-refractivity contribution < 1.29 is 19.8 Å². The molecule has 0 amide bonds. The number of aliphatic hydroxyl groups is 3. The molecule has 0 radical (unpaired) electrons. The number of nitrogens with two attached hydrogens (primary N) is 1. The zero-order chi connectivity index (χ0) is 13.9. The number of rotatable bonds is 7. The zero-order valence-electron chi connectivity index (χ0n) is 11.8. The summed E-state index contributed by atoms with van der Waals surface area (Å²) < 4.78 is 1.28. The first kappa shape index (κ1) is 19.1. The largest absolute Gasteiger partial charge is 0.394 e. The van der Waals surface area contributed by atoms with Crippen LogP contribution in [0.25, 0.3) is 0 Å². The van der Waals surface area contributed by atoms with E-state index >= 15 is 0 Å². The molecule has 0 aliphatic heterocycles. The van der Waals surface area contributed by atoms with Gasteiger partial charge in [0.2, 0.25) is 0 Å². The van der Waals surface area contributed by atoms with Gasteiger partial charge in [-0.2, -0.15) is 0 Å². The Morgan fingerprint density at radius 3 is 1.00 bits per heavy atom. The zero-order valence-corrected chi connectivity index (χ0v) is 11.8. The number of hydrogen-bond acceptors (Lipinski definition) is 4. The predicted molar refractivity (Wildman–Crippen MR) is 70.6 cm³/mol. The second-order valence-electron chi connectivity index (χ2n) is 4.44. The summed E-state index contributed by atoms with van der Waals surface area (Å²) >= 11 is 0. The summed E-state index contributed by atoms with van der Waals surface area (Å²) in [5.74, 6) is 0. The van der Waals surface area contributed by atoms with Gasteiger partial charge in [-0.25, -0.2) is 0 Å². The van der Waals surface area contributed by atoms with Gasteiger partial charge >= 0.3 is 0 Å². The molecule has 0 unspecified atom stereocenters. The molecular formula is C12H31N2O3+. The van der Waals surface area contributed by atoms with Crippen molar-refractivity contribution in [2.75, 3.05) is 46.0 Å². The summed E-state index contributed by atoms with van der Waals surface area (Å²) in [5, 5.41) is 25.0. The summed E-state index contributed by atoms with van der Waals surface area (Å²) in [5.41, 5.74) is 3.94. The van der Waals surface area contributed by atoms with Gasteiger partial charge in [-0.3, -0.25) is 0 Å². The molecule has 0 heterocycles. The van der Waals surface area contributed by atoms with Gasteiger partial charge < -0.3 is 25.5 Å². The van der Waals surface area contributed by atoms with E-state index in [1.54, 1.807) is 0 Å². The maximum absolute atomic E-state index is 8.34. The third-order valence-electron chi connectivity index (χ3n) is 3.63. The highest BCUT2D eigenvalue weighted by molar-refractivity contribution is 4.80. The maximum Gasteiger partial charge on any atom is 0.0856 e. The lowest BCUT2D eigenvalue weighted by molar-refractivity contribution is -0.921. The molecule has 5 nitrogen and oxygen atoms in total. The van der Waals surface area contributed by atoms with E-state index in [1.165, 1.54) is 30.7 Å². The fraction of sp³-hybridized carbons (Fsp3) is 1.00. The smallest absolute Gasteiger partial charge is 0.0856 e. The lowest BCUT2D eigenvalue weighted by Crippen LogP contribution is -2.50. The van der Waals surface area contributed by atoms with Crippen LogP contribution in [0, 0.1) is 0 Å². The molecule has 5 heteroatoms. The van der Waals surface area contributed by atoms with Crippen LogP contribution in [0.5, 0.6) is 0 Å². The first-order chi connectivity index (χ1) is 7.92.